The molecule has 0 unspecified atom stereocenters. The van der Waals surface area contributed by atoms with E-state index in [-0.39, 0.29) is 29.7 Å². The van der Waals surface area contributed by atoms with Gasteiger partial charge in [0.1, 0.15) is 5.01 Å². The molecular formula is C13H26IN5O2S2. The number of aliphatic imine (C=N–C) groups is 1. The van der Waals surface area contributed by atoms with Crippen molar-refractivity contribution in [3.8, 4) is 0 Å². The highest BCUT2D eigenvalue weighted by Crippen LogP contribution is 2.13. The number of guanidine groups is 1. The molecule has 0 saturated carbocycles. The number of aromatic nitrogens is 1. The molecule has 23 heavy (non-hydrogen) atoms. The van der Waals surface area contributed by atoms with Crippen LogP contribution in [0.5, 0.6) is 0 Å². The molecule has 3 N–H and O–H groups in total. The second kappa shape index (κ2) is 12.0. The fourth-order valence-electron chi connectivity index (χ4n) is 1.56. The molecule has 0 bridgehead atoms. The fourth-order valence-corrected chi connectivity index (χ4v) is 2.97. The van der Waals surface area contributed by atoms with E-state index in [1.54, 1.807) is 18.3 Å². The standard InChI is InChI=1S/C13H25N5O2S2.HI/c1-4-11-9-16-12(21-11)10-17-13(14-5-2)15-7-8-18-22(19,20)6-3;/h9,18H,4-8,10H2,1-3H3,(H2,14,15,17);1H. The molecule has 0 aliphatic heterocycles. The van der Waals surface area contributed by atoms with Crippen molar-refractivity contribution in [1.82, 2.24) is 20.3 Å². The topological polar surface area (TPSA) is 95.5 Å². The maximum absolute atomic E-state index is 11.3. The Kier molecular flexibility index (Phi) is 11.7. The molecule has 1 aromatic heterocycles. The monoisotopic (exact) mass is 475 g/mol. The molecule has 0 radical (unpaired) electrons. The van der Waals surface area contributed by atoms with Crippen LogP contribution in [0.25, 0.3) is 0 Å². The van der Waals surface area contributed by atoms with Gasteiger partial charge in [0.15, 0.2) is 5.96 Å². The number of halogens is 1. The average molecular weight is 475 g/mol. The maximum atomic E-state index is 11.3. The minimum absolute atomic E-state index is 0. The van der Waals surface area contributed by atoms with Crippen LogP contribution in [-0.4, -0.2) is 44.7 Å². The highest BCUT2D eigenvalue weighted by Gasteiger charge is 2.05. The molecule has 1 aromatic rings. The first-order chi connectivity index (χ1) is 10.5. The molecule has 0 fully saturated rings. The quantitative estimate of drug-likeness (QED) is 0.217. The SMILES string of the molecule is CCNC(=NCc1ncc(CC)s1)NCCNS(=O)(=O)CC.I. The van der Waals surface area contributed by atoms with Crippen molar-refractivity contribution in [3.05, 3.63) is 16.1 Å². The van der Waals surface area contributed by atoms with E-state index in [0.29, 0.717) is 25.6 Å². The van der Waals surface area contributed by atoms with E-state index in [4.69, 9.17) is 0 Å². The van der Waals surface area contributed by atoms with Crippen molar-refractivity contribution in [2.24, 2.45) is 4.99 Å². The van der Waals surface area contributed by atoms with Crippen LogP contribution >= 0.6 is 35.3 Å². The largest absolute Gasteiger partial charge is 0.357 e. The van der Waals surface area contributed by atoms with E-state index < -0.39 is 10.0 Å². The molecule has 0 atom stereocenters. The summed E-state index contributed by atoms with van der Waals surface area (Å²) in [6.07, 6.45) is 2.87. The zero-order chi connectivity index (χ0) is 16.4. The van der Waals surface area contributed by atoms with Gasteiger partial charge in [0.05, 0.1) is 12.3 Å². The highest BCUT2D eigenvalue weighted by molar-refractivity contribution is 14.0. The second-order valence-corrected chi connectivity index (χ2v) is 7.79. The van der Waals surface area contributed by atoms with Crippen molar-refractivity contribution >= 4 is 51.3 Å². The summed E-state index contributed by atoms with van der Waals surface area (Å²) in [6, 6.07) is 0. The lowest BCUT2D eigenvalue weighted by Crippen LogP contribution is -2.41. The fraction of sp³-hybridized carbons (Fsp3) is 0.692. The molecule has 0 aliphatic carbocycles. The van der Waals surface area contributed by atoms with Crippen molar-refractivity contribution in [1.29, 1.82) is 0 Å². The second-order valence-electron chi connectivity index (χ2n) is 4.49. The molecule has 7 nitrogen and oxygen atoms in total. The van der Waals surface area contributed by atoms with Crippen LogP contribution in [0.15, 0.2) is 11.2 Å². The minimum atomic E-state index is -3.14. The molecule has 0 aromatic carbocycles. The van der Waals surface area contributed by atoms with E-state index in [2.05, 4.69) is 32.3 Å². The summed E-state index contributed by atoms with van der Waals surface area (Å²) in [4.78, 5) is 10.0. The third-order valence-corrected chi connectivity index (χ3v) is 5.32. The van der Waals surface area contributed by atoms with E-state index >= 15 is 0 Å². The smallest absolute Gasteiger partial charge is 0.211 e. The lowest BCUT2D eigenvalue weighted by atomic mass is 10.4. The average Bonchev–Trinajstić information content (AvgIpc) is 2.97. The van der Waals surface area contributed by atoms with Gasteiger partial charge >= 0.3 is 0 Å². The predicted octanol–water partition coefficient (Wildman–Crippen LogP) is 1.32. The summed E-state index contributed by atoms with van der Waals surface area (Å²) in [6.45, 7) is 7.76. The van der Waals surface area contributed by atoms with Crippen molar-refractivity contribution < 1.29 is 8.42 Å². The van der Waals surface area contributed by atoms with Crippen LogP contribution in [0.2, 0.25) is 0 Å². The van der Waals surface area contributed by atoms with Crippen molar-refractivity contribution in [3.63, 3.8) is 0 Å². The number of rotatable bonds is 9. The van der Waals surface area contributed by atoms with Gasteiger partial charge in [-0.05, 0) is 20.3 Å². The van der Waals surface area contributed by atoms with Gasteiger partial charge in [-0.25, -0.2) is 23.1 Å². The first-order valence-electron chi connectivity index (χ1n) is 7.43. The van der Waals surface area contributed by atoms with Crippen LogP contribution in [0, 0.1) is 0 Å². The van der Waals surface area contributed by atoms with Gasteiger partial charge in [-0.1, -0.05) is 6.92 Å². The molecule has 134 valence electrons. The number of nitrogens with one attached hydrogen (secondary N) is 3. The summed E-state index contributed by atoms with van der Waals surface area (Å²) >= 11 is 1.66. The van der Waals surface area contributed by atoms with Gasteiger partial charge < -0.3 is 10.6 Å². The maximum Gasteiger partial charge on any atom is 0.211 e. The number of thiazole rings is 1. The van der Waals surface area contributed by atoms with Gasteiger partial charge in [-0.2, -0.15) is 0 Å². The number of nitrogens with zero attached hydrogens (tertiary/aromatic N) is 2. The van der Waals surface area contributed by atoms with Gasteiger partial charge in [0.25, 0.3) is 0 Å². The Morgan fingerprint density at radius 3 is 2.57 bits per heavy atom. The number of sulfonamides is 1. The number of hydrogen-bond acceptors (Lipinski definition) is 5. The Balaban J connectivity index is 0.00000484. The Labute approximate surface area is 159 Å². The van der Waals surface area contributed by atoms with Gasteiger partial charge in [-0.3, -0.25) is 0 Å². The third kappa shape index (κ3) is 9.42. The van der Waals surface area contributed by atoms with Gasteiger partial charge in [0, 0.05) is 30.7 Å². The molecule has 0 amide bonds. The zero-order valence-corrected chi connectivity index (χ0v) is 17.7. The summed E-state index contributed by atoms with van der Waals surface area (Å²) in [5.41, 5.74) is 0. The van der Waals surface area contributed by atoms with Crippen LogP contribution < -0.4 is 15.4 Å². The summed E-state index contributed by atoms with van der Waals surface area (Å²) in [5, 5.41) is 7.19. The lowest BCUT2D eigenvalue weighted by Gasteiger charge is -2.11. The Hall–Kier alpha value is -0.460. The minimum Gasteiger partial charge on any atom is -0.357 e. The van der Waals surface area contributed by atoms with Crippen LogP contribution in [0.1, 0.15) is 30.7 Å². The van der Waals surface area contributed by atoms with E-state index in [1.165, 1.54) is 4.88 Å². The Morgan fingerprint density at radius 1 is 1.26 bits per heavy atom. The predicted molar refractivity (Wildman–Crippen MR) is 107 cm³/mol. The number of aryl methyl sites for hydroxylation is 1. The normalized spacial score (nSPS) is 11.9. The third-order valence-electron chi connectivity index (χ3n) is 2.79. The molecule has 10 heteroatoms. The first-order valence-corrected chi connectivity index (χ1v) is 9.90. The van der Waals surface area contributed by atoms with E-state index in [0.717, 1.165) is 18.0 Å². The summed E-state index contributed by atoms with van der Waals surface area (Å²) in [5.74, 6) is 0.747. The molecule has 0 spiro atoms. The molecule has 1 rings (SSSR count). The lowest BCUT2D eigenvalue weighted by molar-refractivity contribution is 0.582. The molecule has 0 saturated heterocycles. The Bertz CT molecular complexity index is 575. The molecule has 0 aliphatic rings. The van der Waals surface area contributed by atoms with Crippen molar-refractivity contribution in [2.75, 3.05) is 25.4 Å². The Morgan fingerprint density at radius 2 is 2.00 bits per heavy atom. The molecular weight excluding hydrogens is 449 g/mol. The molecule has 1 heterocycles. The van der Waals surface area contributed by atoms with E-state index in [1.807, 2.05) is 13.1 Å². The van der Waals surface area contributed by atoms with Crippen LogP contribution in [-0.2, 0) is 23.0 Å². The zero-order valence-electron chi connectivity index (χ0n) is 13.8. The number of hydrogen-bond donors (Lipinski definition) is 3. The van der Waals surface area contributed by atoms with Crippen LogP contribution in [0.3, 0.4) is 0 Å². The van der Waals surface area contributed by atoms with Crippen LogP contribution in [0.4, 0.5) is 0 Å². The highest BCUT2D eigenvalue weighted by atomic mass is 127. The summed E-state index contributed by atoms with van der Waals surface area (Å²) < 4.78 is 25.1. The van der Waals surface area contributed by atoms with Gasteiger partial charge in [-0.15, -0.1) is 35.3 Å². The van der Waals surface area contributed by atoms with E-state index in [9.17, 15) is 8.42 Å². The van der Waals surface area contributed by atoms with Gasteiger partial charge in [0.2, 0.25) is 10.0 Å². The summed E-state index contributed by atoms with van der Waals surface area (Å²) in [7, 11) is -3.14. The van der Waals surface area contributed by atoms with Crippen molar-refractivity contribution in [2.45, 2.75) is 33.7 Å². The first kappa shape index (κ1) is 22.5.